The molecule has 0 aliphatic carbocycles. The highest BCUT2D eigenvalue weighted by Crippen LogP contribution is 2.21. The topological polar surface area (TPSA) is 40.9 Å². The van der Waals surface area contributed by atoms with E-state index in [2.05, 4.69) is 0 Å². The minimum Gasteiger partial charge on any atom is -0.298 e. The van der Waals surface area contributed by atoms with Crippen LogP contribution < -0.4 is 0 Å². The zero-order valence-corrected chi connectivity index (χ0v) is 9.29. The van der Waals surface area contributed by atoms with Crippen molar-refractivity contribution in [2.45, 2.75) is 25.7 Å². The number of rotatable bonds is 4. The van der Waals surface area contributed by atoms with Crippen molar-refractivity contribution < 1.29 is 4.79 Å². The number of nitriles is 1. The maximum atomic E-state index is 11.6. The van der Waals surface area contributed by atoms with Crippen LogP contribution in [0, 0.1) is 11.3 Å². The standard InChI is InChI=1S/C12H12ClNO/c1-2-4-12(15)11(8-14)9-5-3-6-10(13)7-9/h3,5-7,11H,2,4H2,1H3. The third kappa shape index (κ3) is 3.07. The zero-order valence-electron chi connectivity index (χ0n) is 8.53. The fourth-order valence-electron chi connectivity index (χ4n) is 1.41. The molecule has 1 aromatic rings. The lowest BCUT2D eigenvalue weighted by Gasteiger charge is -2.07. The quantitative estimate of drug-likeness (QED) is 0.783. The van der Waals surface area contributed by atoms with Crippen LogP contribution in [-0.4, -0.2) is 5.78 Å². The van der Waals surface area contributed by atoms with Crippen LogP contribution in [0.25, 0.3) is 0 Å². The molecule has 0 fully saturated rings. The molecule has 0 aliphatic heterocycles. The number of carbonyl (C=O) groups excluding carboxylic acids is 1. The van der Waals surface area contributed by atoms with E-state index >= 15 is 0 Å². The number of halogens is 1. The molecule has 1 rings (SSSR count). The summed E-state index contributed by atoms with van der Waals surface area (Å²) in [6.45, 7) is 1.92. The Kier molecular flexibility index (Phi) is 4.33. The van der Waals surface area contributed by atoms with Crippen LogP contribution >= 0.6 is 11.6 Å². The molecule has 78 valence electrons. The molecule has 0 aromatic heterocycles. The Morgan fingerprint density at radius 1 is 1.60 bits per heavy atom. The molecule has 0 bridgehead atoms. The van der Waals surface area contributed by atoms with Gasteiger partial charge in [0.15, 0.2) is 5.78 Å². The van der Waals surface area contributed by atoms with Crippen LogP contribution in [0.5, 0.6) is 0 Å². The van der Waals surface area contributed by atoms with Crippen molar-refractivity contribution in [1.82, 2.24) is 0 Å². The Balaban J connectivity index is 2.93. The van der Waals surface area contributed by atoms with Crippen molar-refractivity contribution in [3.8, 4) is 6.07 Å². The number of hydrogen-bond donors (Lipinski definition) is 0. The molecule has 0 radical (unpaired) electrons. The van der Waals surface area contributed by atoms with E-state index < -0.39 is 5.92 Å². The maximum Gasteiger partial charge on any atom is 0.154 e. The Morgan fingerprint density at radius 3 is 2.87 bits per heavy atom. The highest BCUT2D eigenvalue weighted by Gasteiger charge is 2.18. The molecule has 3 heteroatoms. The summed E-state index contributed by atoms with van der Waals surface area (Å²) in [5.41, 5.74) is 0.684. The fraction of sp³-hybridized carbons (Fsp3) is 0.333. The largest absolute Gasteiger partial charge is 0.298 e. The number of Topliss-reactive ketones (excluding diaryl/α,β-unsaturated/α-hetero) is 1. The molecule has 2 nitrogen and oxygen atoms in total. The van der Waals surface area contributed by atoms with Crippen molar-refractivity contribution in [1.29, 1.82) is 5.26 Å². The summed E-state index contributed by atoms with van der Waals surface area (Å²) in [7, 11) is 0. The van der Waals surface area contributed by atoms with E-state index in [0.29, 0.717) is 17.0 Å². The van der Waals surface area contributed by atoms with Crippen molar-refractivity contribution in [3.63, 3.8) is 0 Å². The van der Waals surface area contributed by atoms with Gasteiger partial charge in [-0.2, -0.15) is 5.26 Å². The van der Waals surface area contributed by atoms with E-state index in [1.54, 1.807) is 24.3 Å². The Labute approximate surface area is 94.5 Å². The van der Waals surface area contributed by atoms with Gasteiger partial charge in [0.1, 0.15) is 5.92 Å². The molecule has 0 saturated carbocycles. The number of ketones is 1. The van der Waals surface area contributed by atoms with E-state index in [0.717, 1.165) is 6.42 Å². The number of carbonyl (C=O) groups is 1. The smallest absolute Gasteiger partial charge is 0.154 e. The Morgan fingerprint density at radius 2 is 2.33 bits per heavy atom. The van der Waals surface area contributed by atoms with Gasteiger partial charge in [-0.3, -0.25) is 4.79 Å². The van der Waals surface area contributed by atoms with E-state index in [-0.39, 0.29) is 5.78 Å². The van der Waals surface area contributed by atoms with Gasteiger partial charge >= 0.3 is 0 Å². The van der Waals surface area contributed by atoms with Gasteiger partial charge in [0.05, 0.1) is 6.07 Å². The molecule has 0 heterocycles. The van der Waals surface area contributed by atoms with E-state index in [9.17, 15) is 4.79 Å². The monoisotopic (exact) mass is 221 g/mol. The van der Waals surface area contributed by atoms with Gasteiger partial charge in [-0.15, -0.1) is 0 Å². The molecule has 1 aromatic carbocycles. The predicted molar refractivity (Wildman–Crippen MR) is 59.7 cm³/mol. The normalized spacial score (nSPS) is 11.8. The second-order valence-electron chi connectivity index (χ2n) is 3.33. The van der Waals surface area contributed by atoms with Crippen LogP contribution in [-0.2, 0) is 4.79 Å². The molecule has 0 aliphatic rings. The first kappa shape index (κ1) is 11.7. The summed E-state index contributed by atoms with van der Waals surface area (Å²) < 4.78 is 0. The SMILES string of the molecule is CCCC(=O)C(C#N)c1cccc(Cl)c1. The molecule has 0 saturated heterocycles. The van der Waals surface area contributed by atoms with Gasteiger partial charge < -0.3 is 0 Å². The summed E-state index contributed by atoms with van der Waals surface area (Å²) in [4.78, 5) is 11.6. The van der Waals surface area contributed by atoms with E-state index in [1.807, 2.05) is 13.0 Å². The van der Waals surface area contributed by atoms with Gasteiger partial charge in [0.2, 0.25) is 0 Å². The highest BCUT2D eigenvalue weighted by molar-refractivity contribution is 6.30. The molecule has 15 heavy (non-hydrogen) atoms. The minimum atomic E-state index is -0.677. The van der Waals surface area contributed by atoms with Gasteiger partial charge in [0, 0.05) is 11.4 Å². The van der Waals surface area contributed by atoms with Crippen LogP contribution in [0.15, 0.2) is 24.3 Å². The minimum absolute atomic E-state index is 0.0396. The second-order valence-corrected chi connectivity index (χ2v) is 3.77. The lowest BCUT2D eigenvalue weighted by Crippen LogP contribution is -2.10. The fourth-order valence-corrected chi connectivity index (χ4v) is 1.61. The lowest BCUT2D eigenvalue weighted by molar-refractivity contribution is -0.119. The van der Waals surface area contributed by atoms with E-state index in [1.165, 1.54) is 0 Å². The van der Waals surface area contributed by atoms with Gasteiger partial charge in [-0.1, -0.05) is 30.7 Å². The molecule has 1 unspecified atom stereocenters. The molecular weight excluding hydrogens is 210 g/mol. The van der Waals surface area contributed by atoms with Crippen molar-refractivity contribution >= 4 is 17.4 Å². The number of nitrogens with zero attached hydrogens (tertiary/aromatic N) is 1. The number of hydrogen-bond acceptors (Lipinski definition) is 2. The Hall–Kier alpha value is -1.33. The molecule has 0 amide bonds. The molecule has 1 atom stereocenters. The average Bonchev–Trinajstić information content (AvgIpc) is 2.19. The molecular formula is C12H12ClNO. The second kappa shape index (κ2) is 5.53. The van der Waals surface area contributed by atoms with Crippen molar-refractivity contribution in [2.24, 2.45) is 0 Å². The van der Waals surface area contributed by atoms with Gasteiger partial charge in [-0.05, 0) is 24.1 Å². The van der Waals surface area contributed by atoms with Crippen LogP contribution in [0.2, 0.25) is 5.02 Å². The van der Waals surface area contributed by atoms with Gasteiger partial charge in [0.25, 0.3) is 0 Å². The third-order valence-corrected chi connectivity index (χ3v) is 2.36. The summed E-state index contributed by atoms with van der Waals surface area (Å²) in [5.74, 6) is -0.717. The average molecular weight is 222 g/mol. The van der Waals surface area contributed by atoms with Gasteiger partial charge in [-0.25, -0.2) is 0 Å². The van der Waals surface area contributed by atoms with Crippen LogP contribution in [0.1, 0.15) is 31.2 Å². The lowest BCUT2D eigenvalue weighted by atomic mass is 9.94. The van der Waals surface area contributed by atoms with E-state index in [4.69, 9.17) is 16.9 Å². The van der Waals surface area contributed by atoms with Crippen molar-refractivity contribution in [2.75, 3.05) is 0 Å². The molecule has 0 N–H and O–H groups in total. The summed E-state index contributed by atoms with van der Waals surface area (Å²) in [6, 6.07) is 8.93. The predicted octanol–water partition coefficient (Wildman–Crippen LogP) is 3.32. The van der Waals surface area contributed by atoms with Crippen LogP contribution in [0.4, 0.5) is 0 Å². The zero-order chi connectivity index (χ0) is 11.3. The summed E-state index contributed by atoms with van der Waals surface area (Å²) in [6.07, 6.45) is 1.20. The summed E-state index contributed by atoms with van der Waals surface area (Å²) >= 11 is 5.81. The first-order valence-corrected chi connectivity index (χ1v) is 5.24. The first-order chi connectivity index (χ1) is 7.19. The third-order valence-electron chi connectivity index (χ3n) is 2.13. The van der Waals surface area contributed by atoms with Crippen LogP contribution in [0.3, 0.4) is 0 Å². The Bertz CT molecular complexity index is 395. The number of benzene rings is 1. The summed E-state index contributed by atoms with van der Waals surface area (Å²) in [5, 5.41) is 9.51. The molecule has 0 spiro atoms. The van der Waals surface area contributed by atoms with Crippen molar-refractivity contribution in [3.05, 3.63) is 34.9 Å². The highest BCUT2D eigenvalue weighted by atomic mass is 35.5. The first-order valence-electron chi connectivity index (χ1n) is 4.86. The maximum absolute atomic E-state index is 11.6.